The van der Waals surface area contributed by atoms with Crippen LogP contribution in [0.4, 0.5) is 0 Å². The fourth-order valence-corrected chi connectivity index (χ4v) is 6.40. The van der Waals surface area contributed by atoms with Gasteiger partial charge in [-0.15, -0.1) is 0 Å². The second kappa shape index (κ2) is 8.75. The van der Waals surface area contributed by atoms with Gasteiger partial charge in [0.15, 0.2) is 0 Å². The number of hydrogen-bond donors (Lipinski definition) is 1. The maximum atomic E-state index is 3.45. The van der Waals surface area contributed by atoms with Crippen molar-refractivity contribution < 1.29 is 0 Å². The SMILES string of the molecule is C1=Cc2c(c3cc(-c4c5ccccc5c(-c5ccccc5)c5ccccc45)ccc3n2-c2ccccc2)CN1. The molecule has 2 nitrogen and oxygen atoms in total. The summed E-state index contributed by atoms with van der Waals surface area (Å²) in [5.41, 5.74) is 10.1. The lowest BCUT2D eigenvalue weighted by atomic mass is 9.85. The summed E-state index contributed by atoms with van der Waals surface area (Å²) in [7, 11) is 0. The van der Waals surface area contributed by atoms with Crippen LogP contribution in [0, 0.1) is 0 Å². The predicted molar refractivity (Wildman–Crippen MR) is 165 cm³/mol. The second-order valence-corrected chi connectivity index (χ2v) is 10.2. The molecule has 0 radical (unpaired) electrons. The van der Waals surface area contributed by atoms with Crippen molar-refractivity contribution in [3.05, 3.63) is 145 Å². The van der Waals surface area contributed by atoms with Crippen LogP contribution in [0.5, 0.6) is 0 Å². The molecule has 0 saturated heterocycles. The van der Waals surface area contributed by atoms with Gasteiger partial charge >= 0.3 is 0 Å². The van der Waals surface area contributed by atoms with Gasteiger partial charge in [0.1, 0.15) is 0 Å². The Bertz CT molecular complexity index is 1990. The molecule has 0 aliphatic carbocycles. The molecule has 0 saturated carbocycles. The number of para-hydroxylation sites is 1. The summed E-state index contributed by atoms with van der Waals surface area (Å²) in [5, 5.41) is 9.87. The fourth-order valence-electron chi connectivity index (χ4n) is 6.40. The first-order chi connectivity index (χ1) is 19.4. The summed E-state index contributed by atoms with van der Waals surface area (Å²) in [4.78, 5) is 0. The van der Waals surface area contributed by atoms with E-state index in [1.807, 2.05) is 0 Å². The highest BCUT2D eigenvalue weighted by molar-refractivity contribution is 6.21. The topological polar surface area (TPSA) is 17.0 Å². The van der Waals surface area contributed by atoms with Crippen molar-refractivity contribution in [1.29, 1.82) is 0 Å². The first-order valence-corrected chi connectivity index (χ1v) is 13.5. The highest BCUT2D eigenvalue weighted by atomic mass is 15.0. The van der Waals surface area contributed by atoms with Gasteiger partial charge in [-0.25, -0.2) is 0 Å². The zero-order valence-corrected chi connectivity index (χ0v) is 21.4. The molecule has 0 unspecified atom stereocenters. The molecule has 2 heterocycles. The van der Waals surface area contributed by atoms with Crippen LogP contribution in [0.25, 0.3) is 66.5 Å². The van der Waals surface area contributed by atoms with Crippen LogP contribution in [0.15, 0.2) is 134 Å². The third-order valence-electron chi connectivity index (χ3n) is 8.05. The molecule has 39 heavy (non-hydrogen) atoms. The van der Waals surface area contributed by atoms with Gasteiger partial charge in [-0.05, 0) is 80.3 Å². The molecule has 1 aliphatic rings. The van der Waals surface area contributed by atoms with E-state index in [9.17, 15) is 0 Å². The van der Waals surface area contributed by atoms with Crippen LogP contribution < -0.4 is 5.32 Å². The zero-order valence-electron chi connectivity index (χ0n) is 21.4. The largest absolute Gasteiger partial charge is 0.387 e. The maximum absolute atomic E-state index is 3.45. The highest BCUT2D eigenvalue weighted by Gasteiger charge is 2.21. The Morgan fingerprint density at radius 1 is 0.513 bits per heavy atom. The Hall–Kier alpha value is -5.08. The van der Waals surface area contributed by atoms with Crippen molar-refractivity contribution in [1.82, 2.24) is 9.88 Å². The number of fused-ring (bicyclic) bond motifs is 5. The third-order valence-corrected chi connectivity index (χ3v) is 8.05. The third kappa shape index (κ3) is 3.35. The molecule has 2 heteroatoms. The summed E-state index contributed by atoms with van der Waals surface area (Å²) in [6.45, 7) is 0.820. The zero-order chi connectivity index (χ0) is 25.8. The van der Waals surface area contributed by atoms with Crippen LogP contribution in [0.3, 0.4) is 0 Å². The quantitative estimate of drug-likeness (QED) is 0.240. The Kier molecular flexibility index (Phi) is 4.92. The van der Waals surface area contributed by atoms with Gasteiger partial charge in [0.05, 0.1) is 11.2 Å². The Morgan fingerprint density at radius 3 is 1.72 bits per heavy atom. The van der Waals surface area contributed by atoms with Crippen LogP contribution in [0.1, 0.15) is 11.3 Å². The number of rotatable bonds is 3. The summed E-state index contributed by atoms with van der Waals surface area (Å²) in [6.07, 6.45) is 4.26. The van der Waals surface area contributed by atoms with E-state index in [2.05, 4.69) is 150 Å². The molecule has 7 aromatic rings. The van der Waals surface area contributed by atoms with Crippen molar-refractivity contribution >= 4 is 38.5 Å². The van der Waals surface area contributed by atoms with Gasteiger partial charge in [-0.1, -0.05) is 103 Å². The first-order valence-electron chi connectivity index (χ1n) is 13.5. The monoisotopic (exact) mass is 498 g/mol. The number of hydrogen-bond acceptors (Lipinski definition) is 1. The van der Waals surface area contributed by atoms with E-state index >= 15 is 0 Å². The van der Waals surface area contributed by atoms with Gasteiger partial charge in [0.25, 0.3) is 0 Å². The van der Waals surface area contributed by atoms with E-state index in [0.717, 1.165) is 6.54 Å². The van der Waals surface area contributed by atoms with Gasteiger partial charge in [0.2, 0.25) is 0 Å². The second-order valence-electron chi connectivity index (χ2n) is 10.2. The van der Waals surface area contributed by atoms with E-state index in [-0.39, 0.29) is 0 Å². The van der Waals surface area contributed by atoms with Crippen molar-refractivity contribution in [2.75, 3.05) is 0 Å². The van der Waals surface area contributed by atoms with E-state index < -0.39 is 0 Å². The molecule has 0 spiro atoms. The average molecular weight is 499 g/mol. The van der Waals surface area contributed by atoms with Crippen LogP contribution in [-0.4, -0.2) is 4.57 Å². The summed E-state index contributed by atoms with van der Waals surface area (Å²) >= 11 is 0. The van der Waals surface area contributed by atoms with Crippen LogP contribution in [-0.2, 0) is 6.54 Å². The minimum Gasteiger partial charge on any atom is -0.387 e. The van der Waals surface area contributed by atoms with Crippen molar-refractivity contribution in [3.8, 4) is 27.9 Å². The molecular weight excluding hydrogens is 472 g/mol. The molecule has 0 bridgehead atoms. The van der Waals surface area contributed by atoms with Crippen LogP contribution in [0.2, 0.25) is 0 Å². The van der Waals surface area contributed by atoms with E-state index in [1.54, 1.807) is 0 Å². The minimum absolute atomic E-state index is 0.820. The normalized spacial score (nSPS) is 12.6. The average Bonchev–Trinajstić information content (AvgIpc) is 3.34. The van der Waals surface area contributed by atoms with Crippen molar-refractivity contribution in [2.45, 2.75) is 6.54 Å². The summed E-state index contributed by atoms with van der Waals surface area (Å²) in [5.74, 6) is 0. The number of benzene rings is 6. The fraction of sp³-hybridized carbons (Fsp3) is 0.0270. The summed E-state index contributed by atoms with van der Waals surface area (Å²) in [6, 6.07) is 46.2. The van der Waals surface area contributed by atoms with Gasteiger partial charge in [-0.3, -0.25) is 0 Å². The van der Waals surface area contributed by atoms with Crippen molar-refractivity contribution in [3.63, 3.8) is 0 Å². The van der Waals surface area contributed by atoms with Gasteiger partial charge in [-0.2, -0.15) is 0 Å². The molecule has 6 aromatic carbocycles. The maximum Gasteiger partial charge on any atom is 0.0538 e. The molecule has 1 aromatic heterocycles. The number of aromatic nitrogens is 1. The van der Waals surface area contributed by atoms with Crippen molar-refractivity contribution in [2.24, 2.45) is 0 Å². The molecular formula is C37H26N2. The van der Waals surface area contributed by atoms with Crippen LogP contribution >= 0.6 is 0 Å². The molecule has 0 fully saturated rings. The Balaban J connectivity index is 1.46. The van der Waals surface area contributed by atoms with E-state index in [4.69, 9.17) is 0 Å². The summed E-state index contributed by atoms with van der Waals surface area (Å²) < 4.78 is 2.39. The first kappa shape index (κ1) is 22.0. The smallest absolute Gasteiger partial charge is 0.0538 e. The molecule has 184 valence electrons. The number of nitrogens with one attached hydrogen (secondary N) is 1. The molecule has 0 amide bonds. The standard InChI is InChI=1S/C37H26N2/c1-3-11-25(12-4-1)36-28-15-7-9-17-30(28)37(31-18-10-8-16-29(31)36)26-19-20-34-32(23-26)33-24-38-22-21-35(33)39(34)27-13-5-2-6-14-27/h1-23,38H,24H2. The molecule has 8 rings (SSSR count). The molecule has 1 N–H and O–H groups in total. The minimum atomic E-state index is 0.820. The lowest BCUT2D eigenvalue weighted by Crippen LogP contribution is -2.10. The lowest BCUT2D eigenvalue weighted by Gasteiger charge is -2.18. The Labute approximate surface area is 227 Å². The highest BCUT2D eigenvalue weighted by Crippen LogP contribution is 2.44. The molecule has 0 atom stereocenters. The van der Waals surface area contributed by atoms with E-state index in [0.29, 0.717) is 0 Å². The lowest BCUT2D eigenvalue weighted by molar-refractivity contribution is 0.855. The van der Waals surface area contributed by atoms with Gasteiger partial charge < -0.3 is 9.88 Å². The van der Waals surface area contributed by atoms with Gasteiger partial charge in [0, 0.05) is 23.2 Å². The predicted octanol–water partition coefficient (Wildman–Crippen LogP) is 9.34. The van der Waals surface area contributed by atoms with E-state index in [1.165, 1.54) is 71.6 Å². The number of nitrogens with zero attached hydrogens (tertiary/aromatic N) is 1. The molecule has 1 aliphatic heterocycles. The Morgan fingerprint density at radius 2 is 1.08 bits per heavy atom.